The van der Waals surface area contributed by atoms with E-state index in [-0.39, 0.29) is 23.1 Å². The highest BCUT2D eigenvalue weighted by Gasteiger charge is 2.14. The zero-order chi connectivity index (χ0) is 15.3. The van der Waals surface area contributed by atoms with Crippen LogP contribution in [-0.2, 0) is 14.8 Å². The fourth-order valence-electron chi connectivity index (χ4n) is 1.65. The van der Waals surface area contributed by atoms with Crippen LogP contribution in [0.5, 0.6) is 0 Å². The summed E-state index contributed by atoms with van der Waals surface area (Å²) in [6, 6.07) is 10.6. The fourth-order valence-corrected chi connectivity index (χ4v) is 3.72. The molecule has 0 radical (unpaired) electrons. The standard InChI is InChI=1S/C14H16N2O3S2/c1-11-4-6-12(7-5-11)16-13(17)8-9-15-21(18,19)14-3-2-10-20-14/h2-7,10,15H,8-9H2,1H3,(H,16,17). The van der Waals surface area contributed by atoms with E-state index in [4.69, 9.17) is 0 Å². The van der Waals surface area contributed by atoms with E-state index in [0.717, 1.165) is 16.9 Å². The Morgan fingerprint density at radius 2 is 1.90 bits per heavy atom. The molecule has 0 spiro atoms. The molecule has 21 heavy (non-hydrogen) atoms. The van der Waals surface area contributed by atoms with E-state index in [0.29, 0.717) is 5.69 Å². The quantitative estimate of drug-likeness (QED) is 0.856. The van der Waals surface area contributed by atoms with Gasteiger partial charge in [-0.1, -0.05) is 23.8 Å². The molecule has 2 rings (SSSR count). The average Bonchev–Trinajstić information content (AvgIpc) is 2.96. The van der Waals surface area contributed by atoms with Gasteiger partial charge in [0.15, 0.2) is 0 Å². The fraction of sp³-hybridized carbons (Fsp3) is 0.214. The van der Waals surface area contributed by atoms with Crippen LogP contribution in [0.25, 0.3) is 0 Å². The van der Waals surface area contributed by atoms with Crippen LogP contribution in [-0.4, -0.2) is 20.9 Å². The second-order valence-electron chi connectivity index (χ2n) is 4.49. The molecule has 1 aromatic carbocycles. The summed E-state index contributed by atoms with van der Waals surface area (Å²) in [5.41, 5.74) is 1.81. The molecule has 0 aliphatic heterocycles. The Kier molecular flexibility index (Phi) is 5.11. The van der Waals surface area contributed by atoms with Gasteiger partial charge >= 0.3 is 0 Å². The second-order valence-corrected chi connectivity index (χ2v) is 7.44. The van der Waals surface area contributed by atoms with Crippen molar-refractivity contribution in [2.45, 2.75) is 17.6 Å². The molecule has 1 aromatic heterocycles. The number of carbonyl (C=O) groups is 1. The summed E-state index contributed by atoms with van der Waals surface area (Å²) in [4.78, 5) is 11.7. The number of sulfonamides is 1. The van der Waals surface area contributed by atoms with Crippen LogP contribution in [0.15, 0.2) is 46.0 Å². The number of aryl methyl sites for hydroxylation is 1. The molecule has 0 atom stereocenters. The van der Waals surface area contributed by atoms with Crippen molar-refractivity contribution in [3.05, 3.63) is 47.3 Å². The summed E-state index contributed by atoms with van der Waals surface area (Å²) in [7, 11) is -3.50. The highest BCUT2D eigenvalue weighted by atomic mass is 32.2. The van der Waals surface area contributed by atoms with Crippen LogP contribution in [0.3, 0.4) is 0 Å². The van der Waals surface area contributed by atoms with E-state index in [1.165, 1.54) is 6.07 Å². The monoisotopic (exact) mass is 324 g/mol. The summed E-state index contributed by atoms with van der Waals surface area (Å²) in [5, 5.41) is 4.41. The van der Waals surface area contributed by atoms with Crippen LogP contribution in [0.1, 0.15) is 12.0 Å². The smallest absolute Gasteiger partial charge is 0.250 e. The number of thiophene rings is 1. The first-order valence-electron chi connectivity index (χ1n) is 6.37. The number of benzene rings is 1. The lowest BCUT2D eigenvalue weighted by Gasteiger charge is -2.06. The molecule has 0 saturated heterocycles. The molecular formula is C14H16N2O3S2. The normalized spacial score (nSPS) is 11.3. The molecule has 1 heterocycles. The molecule has 1 amide bonds. The van der Waals surface area contributed by atoms with Gasteiger partial charge in [-0.3, -0.25) is 4.79 Å². The predicted octanol–water partition coefficient (Wildman–Crippen LogP) is 2.36. The molecule has 2 N–H and O–H groups in total. The lowest BCUT2D eigenvalue weighted by atomic mass is 10.2. The molecule has 112 valence electrons. The Hall–Kier alpha value is -1.70. The lowest BCUT2D eigenvalue weighted by molar-refractivity contribution is -0.116. The summed E-state index contributed by atoms with van der Waals surface area (Å²) < 4.78 is 26.3. The lowest BCUT2D eigenvalue weighted by Crippen LogP contribution is -2.27. The zero-order valence-electron chi connectivity index (χ0n) is 11.5. The maximum Gasteiger partial charge on any atom is 0.250 e. The van der Waals surface area contributed by atoms with E-state index >= 15 is 0 Å². The van der Waals surface area contributed by atoms with Crippen molar-refractivity contribution in [2.75, 3.05) is 11.9 Å². The summed E-state index contributed by atoms with van der Waals surface area (Å²) in [6.45, 7) is 2.03. The highest BCUT2D eigenvalue weighted by Crippen LogP contribution is 2.15. The number of rotatable bonds is 6. The maximum atomic E-state index is 11.8. The Bertz CT molecular complexity index is 692. The van der Waals surface area contributed by atoms with Crippen molar-refractivity contribution in [3.8, 4) is 0 Å². The number of hydrogen-bond donors (Lipinski definition) is 2. The maximum absolute atomic E-state index is 11.8. The Morgan fingerprint density at radius 3 is 2.52 bits per heavy atom. The first kappa shape index (κ1) is 15.7. The van der Waals surface area contributed by atoms with Gasteiger partial charge in [-0.05, 0) is 30.5 Å². The number of amides is 1. The van der Waals surface area contributed by atoms with Gasteiger partial charge in [-0.25, -0.2) is 13.1 Å². The van der Waals surface area contributed by atoms with Crippen LogP contribution < -0.4 is 10.0 Å². The minimum absolute atomic E-state index is 0.0674. The van der Waals surface area contributed by atoms with Crippen molar-refractivity contribution in [1.29, 1.82) is 0 Å². The van der Waals surface area contributed by atoms with Gasteiger partial charge in [0.1, 0.15) is 4.21 Å². The summed E-state index contributed by atoms with van der Waals surface area (Å²) in [6.07, 6.45) is 0.0818. The zero-order valence-corrected chi connectivity index (χ0v) is 13.1. The van der Waals surface area contributed by atoms with Crippen molar-refractivity contribution < 1.29 is 13.2 Å². The molecule has 0 fully saturated rings. The van der Waals surface area contributed by atoms with Crippen LogP contribution in [0.4, 0.5) is 5.69 Å². The first-order valence-corrected chi connectivity index (χ1v) is 8.73. The topological polar surface area (TPSA) is 75.3 Å². The summed E-state index contributed by atoms with van der Waals surface area (Å²) >= 11 is 1.14. The van der Waals surface area contributed by atoms with Crippen molar-refractivity contribution in [2.24, 2.45) is 0 Å². The third-order valence-electron chi connectivity index (χ3n) is 2.74. The Balaban J connectivity index is 1.81. The molecule has 5 nitrogen and oxygen atoms in total. The first-order chi connectivity index (χ1) is 9.97. The number of hydrogen-bond acceptors (Lipinski definition) is 4. The summed E-state index contributed by atoms with van der Waals surface area (Å²) in [5.74, 6) is -0.229. The van der Waals surface area contributed by atoms with Gasteiger partial charge in [-0.15, -0.1) is 11.3 Å². The van der Waals surface area contributed by atoms with E-state index in [2.05, 4.69) is 10.0 Å². The highest BCUT2D eigenvalue weighted by molar-refractivity contribution is 7.91. The third kappa shape index (κ3) is 4.66. The number of carbonyl (C=O) groups excluding carboxylic acids is 1. The van der Waals surface area contributed by atoms with Crippen molar-refractivity contribution >= 4 is 33.0 Å². The molecule has 0 bridgehead atoms. The van der Waals surface area contributed by atoms with Crippen LogP contribution >= 0.6 is 11.3 Å². The van der Waals surface area contributed by atoms with Gasteiger partial charge in [0.2, 0.25) is 15.9 Å². The average molecular weight is 324 g/mol. The van der Waals surface area contributed by atoms with Gasteiger partial charge < -0.3 is 5.32 Å². The number of anilines is 1. The molecule has 0 aliphatic carbocycles. The number of nitrogens with one attached hydrogen (secondary N) is 2. The Labute approximate surface area is 128 Å². The van der Waals surface area contributed by atoms with E-state index in [1.54, 1.807) is 11.4 Å². The Morgan fingerprint density at radius 1 is 1.19 bits per heavy atom. The van der Waals surface area contributed by atoms with Crippen molar-refractivity contribution in [1.82, 2.24) is 4.72 Å². The van der Waals surface area contributed by atoms with Gasteiger partial charge in [0.25, 0.3) is 0 Å². The van der Waals surface area contributed by atoms with Crippen LogP contribution in [0.2, 0.25) is 0 Å². The molecule has 7 heteroatoms. The largest absolute Gasteiger partial charge is 0.326 e. The minimum atomic E-state index is -3.50. The van der Waals surface area contributed by atoms with Crippen LogP contribution in [0, 0.1) is 6.92 Å². The SMILES string of the molecule is Cc1ccc(NC(=O)CCNS(=O)(=O)c2cccs2)cc1. The van der Waals surface area contributed by atoms with Gasteiger partial charge in [0, 0.05) is 18.7 Å². The van der Waals surface area contributed by atoms with E-state index in [1.807, 2.05) is 31.2 Å². The molecule has 0 saturated carbocycles. The third-order valence-corrected chi connectivity index (χ3v) is 5.60. The minimum Gasteiger partial charge on any atom is -0.326 e. The predicted molar refractivity (Wildman–Crippen MR) is 83.9 cm³/mol. The molecular weight excluding hydrogens is 308 g/mol. The second kappa shape index (κ2) is 6.84. The molecule has 0 aliphatic rings. The van der Waals surface area contributed by atoms with E-state index < -0.39 is 10.0 Å². The van der Waals surface area contributed by atoms with Gasteiger partial charge in [0.05, 0.1) is 0 Å². The molecule has 0 unspecified atom stereocenters. The molecule has 2 aromatic rings. The van der Waals surface area contributed by atoms with E-state index in [9.17, 15) is 13.2 Å². The van der Waals surface area contributed by atoms with Gasteiger partial charge in [-0.2, -0.15) is 0 Å². The van der Waals surface area contributed by atoms with Crippen molar-refractivity contribution in [3.63, 3.8) is 0 Å².